The molecule has 0 heterocycles. The lowest BCUT2D eigenvalue weighted by molar-refractivity contribution is 0.306. The second kappa shape index (κ2) is 7.12. The van der Waals surface area contributed by atoms with E-state index < -0.39 is 0 Å². The van der Waals surface area contributed by atoms with E-state index in [1.807, 2.05) is 6.07 Å². The van der Waals surface area contributed by atoms with Crippen LogP contribution in [-0.2, 0) is 6.61 Å². The fourth-order valence-electron chi connectivity index (χ4n) is 1.68. The highest BCUT2D eigenvalue weighted by Crippen LogP contribution is 2.35. The Bertz CT molecular complexity index is 682. The molecule has 2 aromatic carbocycles. The predicted octanol–water partition coefficient (Wildman–Crippen LogP) is 5.25. The van der Waals surface area contributed by atoms with Crippen molar-refractivity contribution < 1.29 is 9.13 Å². The van der Waals surface area contributed by atoms with Gasteiger partial charge in [-0.1, -0.05) is 35.3 Å². The van der Waals surface area contributed by atoms with E-state index in [9.17, 15) is 4.39 Å². The molecule has 0 bridgehead atoms. The molecule has 0 radical (unpaired) electrons. The molecule has 0 aromatic heterocycles. The van der Waals surface area contributed by atoms with E-state index in [1.54, 1.807) is 30.3 Å². The molecule has 2 nitrogen and oxygen atoms in total. The Morgan fingerprint density at radius 3 is 2.33 bits per heavy atom. The Balaban J connectivity index is 2.15. The summed E-state index contributed by atoms with van der Waals surface area (Å²) in [7, 11) is 0. The monoisotopic (exact) mass is 321 g/mol. The predicted molar refractivity (Wildman–Crippen MR) is 81.8 cm³/mol. The number of halogens is 3. The van der Waals surface area contributed by atoms with Crippen LogP contribution in [-0.4, -0.2) is 0 Å². The van der Waals surface area contributed by atoms with Gasteiger partial charge in [0, 0.05) is 6.08 Å². The van der Waals surface area contributed by atoms with Crippen molar-refractivity contribution in [3.05, 3.63) is 69.5 Å². The van der Waals surface area contributed by atoms with E-state index in [0.717, 1.165) is 5.56 Å². The molecule has 21 heavy (non-hydrogen) atoms. The molecule has 0 aliphatic carbocycles. The first-order valence-electron chi connectivity index (χ1n) is 6.02. The summed E-state index contributed by atoms with van der Waals surface area (Å²) in [4.78, 5) is 0. The molecule has 0 amide bonds. The van der Waals surface area contributed by atoms with Crippen molar-refractivity contribution in [1.82, 2.24) is 0 Å². The molecule has 2 aromatic rings. The molecular formula is C16H10Cl2FNO. The lowest BCUT2D eigenvalue weighted by Gasteiger charge is -2.11. The fraction of sp³-hybridized carbons (Fsp3) is 0.0625. The highest BCUT2D eigenvalue weighted by atomic mass is 35.5. The summed E-state index contributed by atoms with van der Waals surface area (Å²) in [6, 6.07) is 11.2. The summed E-state index contributed by atoms with van der Waals surface area (Å²) in [5, 5.41) is 9.19. The molecular weight excluding hydrogens is 312 g/mol. The molecule has 0 fully saturated rings. The van der Waals surface area contributed by atoms with Gasteiger partial charge in [0.2, 0.25) is 0 Å². The van der Waals surface area contributed by atoms with E-state index in [2.05, 4.69) is 0 Å². The molecule has 0 aliphatic heterocycles. The number of rotatable bonds is 4. The van der Waals surface area contributed by atoms with Gasteiger partial charge in [0.15, 0.2) is 5.75 Å². The smallest absolute Gasteiger partial charge is 0.157 e. The van der Waals surface area contributed by atoms with Gasteiger partial charge in [0.1, 0.15) is 12.4 Å². The van der Waals surface area contributed by atoms with Crippen molar-refractivity contribution in [3.63, 3.8) is 0 Å². The molecule has 106 valence electrons. The number of benzene rings is 2. The fourth-order valence-corrected chi connectivity index (χ4v) is 2.30. The van der Waals surface area contributed by atoms with Gasteiger partial charge in [0.25, 0.3) is 0 Å². The van der Waals surface area contributed by atoms with Gasteiger partial charge in [-0.2, -0.15) is 5.26 Å². The van der Waals surface area contributed by atoms with E-state index in [1.165, 1.54) is 18.2 Å². The first kappa shape index (κ1) is 15.4. The minimum absolute atomic E-state index is 0.229. The Morgan fingerprint density at radius 1 is 1.14 bits per heavy atom. The first-order valence-corrected chi connectivity index (χ1v) is 6.78. The summed E-state index contributed by atoms with van der Waals surface area (Å²) in [6.07, 6.45) is 2.93. The third-order valence-corrected chi connectivity index (χ3v) is 3.23. The lowest BCUT2D eigenvalue weighted by Crippen LogP contribution is -1.97. The standard InChI is InChI=1S/C16H10Cl2FNO/c17-14-8-12(2-1-7-20)9-15(18)16(14)21-10-11-3-5-13(19)6-4-11/h1-6,8-9H,10H2. The van der Waals surface area contributed by atoms with Gasteiger partial charge in [-0.25, -0.2) is 4.39 Å². The van der Waals surface area contributed by atoms with Crippen LogP contribution < -0.4 is 4.74 Å². The normalized spacial score (nSPS) is 10.6. The largest absolute Gasteiger partial charge is 0.486 e. The maximum atomic E-state index is 12.8. The zero-order chi connectivity index (χ0) is 15.2. The van der Waals surface area contributed by atoms with Crippen LogP contribution in [0.3, 0.4) is 0 Å². The summed E-state index contributed by atoms with van der Waals surface area (Å²) >= 11 is 12.2. The minimum atomic E-state index is -0.302. The van der Waals surface area contributed by atoms with Crippen molar-refractivity contribution in [1.29, 1.82) is 5.26 Å². The number of nitriles is 1. The maximum Gasteiger partial charge on any atom is 0.157 e. The van der Waals surface area contributed by atoms with Gasteiger partial charge in [-0.15, -0.1) is 0 Å². The third kappa shape index (κ3) is 4.22. The van der Waals surface area contributed by atoms with E-state index in [4.69, 9.17) is 33.2 Å². The van der Waals surface area contributed by atoms with Crippen LogP contribution in [0.15, 0.2) is 42.5 Å². The summed E-state index contributed by atoms with van der Waals surface area (Å²) in [5.41, 5.74) is 1.51. The van der Waals surface area contributed by atoms with E-state index in [0.29, 0.717) is 21.4 Å². The average molecular weight is 322 g/mol. The SMILES string of the molecule is N#CC=Cc1cc(Cl)c(OCc2ccc(F)cc2)c(Cl)c1. The number of ether oxygens (including phenoxy) is 1. The van der Waals surface area contributed by atoms with Crippen LogP contribution >= 0.6 is 23.2 Å². The quantitative estimate of drug-likeness (QED) is 0.720. The molecule has 0 saturated heterocycles. The molecule has 0 atom stereocenters. The third-order valence-electron chi connectivity index (χ3n) is 2.67. The Kier molecular flexibility index (Phi) is 5.21. The number of nitrogens with zero attached hydrogens (tertiary/aromatic N) is 1. The van der Waals surface area contributed by atoms with Crippen LogP contribution in [0.4, 0.5) is 4.39 Å². The second-order valence-corrected chi connectivity index (χ2v) is 5.01. The van der Waals surface area contributed by atoms with Gasteiger partial charge < -0.3 is 4.74 Å². The average Bonchev–Trinajstić information content (AvgIpc) is 2.46. The van der Waals surface area contributed by atoms with Gasteiger partial charge in [-0.3, -0.25) is 0 Å². The van der Waals surface area contributed by atoms with Crippen molar-refractivity contribution in [2.45, 2.75) is 6.61 Å². The number of hydrogen-bond acceptors (Lipinski definition) is 2. The maximum absolute atomic E-state index is 12.8. The Morgan fingerprint density at radius 2 is 1.76 bits per heavy atom. The summed E-state index contributed by atoms with van der Waals surface area (Å²) in [6.45, 7) is 0.229. The van der Waals surface area contributed by atoms with Gasteiger partial charge in [0.05, 0.1) is 16.1 Å². The van der Waals surface area contributed by atoms with Crippen molar-refractivity contribution >= 4 is 29.3 Å². The molecule has 0 N–H and O–H groups in total. The van der Waals surface area contributed by atoms with Crippen LogP contribution in [0.2, 0.25) is 10.0 Å². The first-order chi connectivity index (χ1) is 10.1. The van der Waals surface area contributed by atoms with Crippen LogP contribution in [0.5, 0.6) is 5.75 Å². The number of allylic oxidation sites excluding steroid dienone is 1. The lowest BCUT2D eigenvalue weighted by atomic mass is 10.2. The summed E-state index contributed by atoms with van der Waals surface area (Å²) < 4.78 is 18.4. The van der Waals surface area contributed by atoms with E-state index >= 15 is 0 Å². The van der Waals surface area contributed by atoms with Crippen molar-refractivity contribution in [2.75, 3.05) is 0 Å². The molecule has 5 heteroatoms. The molecule has 0 unspecified atom stereocenters. The molecule has 0 spiro atoms. The van der Waals surface area contributed by atoms with Crippen molar-refractivity contribution in [3.8, 4) is 11.8 Å². The van der Waals surface area contributed by atoms with Gasteiger partial charge >= 0.3 is 0 Å². The second-order valence-electron chi connectivity index (χ2n) is 4.19. The van der Waals surface area contributed by atoms with Gasteiger partial charge in [-0.05, 0) is 41.5 Å². The molecule has 0 aliphatic rings. The summed E-state index contributed by atoms with van der Waals surface area (Å²) in [5.74, 6) is 0.0558. The zero-order valence-electron chi connectivity index (χ0n) is 10.8. The number of hydrogen-bond donors (Lipinski definition) is 0. The Labute approximate surface area is 132 Å². The Hall–Kier alpha value is -2.02. The molecule has 2 rings (SSSR count). The topological polar surface area (TPSA) is 33.0 Å². The van der Waals surface area contributed by atoms with Crippen molar-refractivity contribution in [2.24, 2.45) is 0 Å². The minimum Gasteiger partial charge on any atom is -0.486 e. The zero-order valence-corrected chi connectivity index (χ0v) is 12.3. The van der Waals surface area contributed by atoms with Crippen LogP contribution in [0, 0.1) is 17.1 Å². The molecule has 0 saturated carbocycles. The van der Waals surface area contributed by atoms with Crippen LogP contribution in [0.1, 0.15) is 11.1 Å². The van der Waals surface area contributed by atoms with Crippen LogP contribution in [0.25, 0.3) is 6.08 Å². The highest BCUT2D eigenvalue weighted by Gasteiger charge is 2.09. The highest BCUT2D eigenvalue weighted by molar-refractivity contribution is 6.37. The van der Waals surface area contributed by atoms with E-state index in [-0.39, 0.29) is 12.4 Å².